The van der Waals surface area contributed by atoms with Crippen molar-refractivity contribution in [1.29, 1.82) is 0 Å². The molecule has 0 amide bonds. The van der Waals surface area contributed by atoms with Crippen molar-refractivity contribution in [1.82, 2.24) is 10.2 Å². The van der Waals surface area contributed by atoms with Gasteiger partial charge in [-0.25, -0.2) is 0 Å². The van der Waals surface area contributed by atoms with E-state index in [4.69, 9.17) is 4.42 Å². The Balaban J connectivity index is 1.49. The molecule has 4 rings (SSSR count). The largest absolute Gasteiger partial charge is 0.411 e. The summed E-state index contributed by atoms with van der Waals surface area (Å²) < 4.78 is 5.80. The van der Waals surface area contributed by atoms with Crippen LogP contribution in [0, 0.1) is 13.8 Å². The Labute approximate surface area is 163 Å². The lowest BCUT2D eigenvalue weighted by Crippen LogP contribution is -2.13. The maximum absolute atomic E-state index is 12.8. The highest BCUT2D eigenvalue weighted by molar-refractivity contribution is 8.00. The zero-order chi connectivity index (χ0) is 19.0. The maximum Gasteiger partial charge on any atom is 0.277 e. The molecule has 4 nitrogen and oxygen atoms in total. The van der Waals surface area contributed by atoms with E-state index in [0.717, 1.165) is 35.1 Å². The lowest BCUT2D eigenvalue weighted by atomic mass is 10.0. The normalized spacial score (nSPS) is 14.2. The van der Waals surface area contributed by atoms with E-state index in [0.29, 0.717) is 11.1 Å². The molecular weight excluding hydrogens is 356 g/mol. The fraction of sp³-hybridized carbons (Fsp3) is 0.318. The number of Topliss-reactive ketones (excluding diaryl/α,β-unsaturated/α-hetero) is 1. The molecular formula is C22H22N2O2S. The van der Waals surface area contributed by atoms with E-state index in [1.54, 1.807) is 0 Å². The van der Waals surface area contributed by atoms with E-state index in [1.165, 1.54) is 29.3 Å². The third-order valence-corrected chi connectivity index (χ3v) is 5.84. The van der Waals surface area contributed by atoms with Gasteiger partial charge >= 0.3 is 0 Å². The summed E-state index contributed by atoms with van der Waals surface area (Å²) in [6.45, 7) is 5.97. The van der Waals surface area contributed by atoms with E-state index in [2.05, 4.69) is 28.4 Å². The Morgan fingerprint density at radius 3 is 2.56 bits per heavy atom. The molecule has 1 aliphatic rings. The number of ketones is 1. The minimum atomic E-state index is -0.281. The number of nitrogens with zero attached hydrogens (tertiary/aromatic N) is 2. The summed E-state index contributed by atoms with van der Waals surface area (Å²) in [7, 11) is 0. The molecule has 0 fully saturated rings. The second kappa shape index (κ2) is 7.31. The van der Waals surface area contributed by atoms with E-state index in [-0.39, 0.29) is 11.0 Å². The van der Waals surface area contributed by atoms with Gasteiger partial charge in [0.05, 0.1) is 5.25 Å². The molecule has 1 aromatic heterocycles. The van der Waals surface area contributed by atoms with Gasteiger partial charge in [-0.2, -0.15) is 0 Å². The Kier molecular flexibility index (Phi) is 4.87. The van der Waals surface area contributed by atoms with Crippen molar-refractivity contribution in [3.63, 3.8) is 0 Å². The maximum atomic E-state index is 12.8. The summed E-state index contributed by atoms with van der Waals surface area (Å²) >= 11 is 1.31. The monoisotopic (exact) mass is 378 g/mol. The van der Waals surface area contributed by atoms with Gasteiger partial charge in [-0.15, -0.1) is 10.2 Å². The van der Waals surface area contributed by atoms with Gasteiger partial charge in [-0.1, -0.05) is 41.1 Å². The highest BCUT2D eigenvalue weighted by Gasteiger charge is 2.22. The third-order valence-electron chi connectivity index (χ3n) is 4.90. The summed E-state index contributed by atoms with van der Waals surface area (Å²) in [4.78, 5) is 12.8. The molecule has 0 saturated heterocycles. The number of fused-ring (bicyclic) bond motifs is 1. The quantitative estimate of drug-likeness (QED) is 0.451. The number of carbonyl (C=O) groups is 1. The standard InChI is InChI=1S/C22H22N2O2S/c1-13-9-14(2)11-19(10-13)21-23-24-22(26-21)27-15(3)20(25)18-8-7-16-5-4-6-17(16)12-18/h7-12,15H,4-6H2,1-3H3/t15-/m1/s1. The Morgan fingerprint density at radius 1 is 1.04 bits per heavy atom. The van der Waals surface area contributed by atoms with Crippen LogP contribution < -0.4 is 0 Å². The molecule has 0 spiro atoms. The summed E-state index contributed by atoms with van der Waals surface area (Å²) in [6, 6.07) is 12.2. The molecule has 1 heterocycles. The zero-order valence-corrected chi connectivity index (χ0v) is 16.6. The number of benzene rings is 2. The van der Waals surface area contributed by atoms with Crippen molar-refractivity contribution in [3.8, 4) is 11.5 Å². The molecule has 0 radical (unpaired) electrons. The van der Waals surface area contributed by atoms with Crippen LogP contribution in [0.2, 0.25) is 0 Å². The first-order valence-corrected chi connectivity index (χ1v) is 10.1. The van der Waals surface area contributed by atoms with Crippen molar-refractivity contribution >= 4 is 17.5 Å². The molecule has 0 unspecified atom stereocenters. The van der Waals surface area contributed by atoms with Crippen molar-refractivity contribution < 1.29 is 9.21 Å². The number of hydrogen-bond acceptors (Lipinski definition) is 5. The Bertz CT molecular complexity index is 989. The van der Waals surface area contributed by atoms with Crippen molar-refractivity contribution in [2.75, 3.05) is 0 Å². The van der Waals surface area contributed by atoms with E-state index in [1.807, 2.05) is 39.0 Å². The topological polar surface area (TPSA) is 56.0 Å². The van der Waals surface area contributed by atoms with Crippen molar-refractivity contribution in [2.24, 2.45) is 0 Å². The minimum absolute atomic E-state index is 0.0980. The van der Waals surface area contributed by atoms with Gasteiger partial charge in [0.25, 0.3) is 5.22 Å². The summed E-state index contributed by atoms with van der Waals surface area (Å²) in [5.74, 6) is 0.585. The predicted octanol–water partition coefficient (Wildman–Crippen LogP) is 5.21. The number of aromatic nitrogens is 2. The highest BCUT2D eigenvalue weighted by atomic mass is 32.2. The average molecular weight is 378 g/mol. The molecule has 0 saturated carbocycles. The first-order chi connectivity index (χ1) is 13.0. The smallest absolute Gasteiger partial charge is 0.277 e. The van der Waals surface area contributed by atoms with Gasteiger partial charge in [0.1, 0.15) is 0 Å². The molecule has 0 bridgehead atoms. The van der Waals surface area contributed by atoms with Crippen LogP contribution in [-0.2, 0) is 12.8 Å². The van der Waals surface area contributed by atoms with Crippen LogP contribution in [0.1, 0.15) is 46.0 Å². The average Bonchev–Trinajstić information content (AvgIpc) is 3.28. The molecule has 1 aliphatic carbocycles. The lowest BCUT2D eigenvalue weighted by Gasteiger charge is -2.09. The van der Waals surface area contributed by atoms with E-state index < -0.39 is 0 Å². The Hall–Kier alpha value is -2.40. The Morgan fingerprint density at radius 2 is 1.78 bits per heavy atom. The van der Waals surface area contributed by atoms with Crippen LogP contribution in [0.15, 0.2) is 46.0 Å². The molecule has 1 atom stereocenters. The molecule has 0 N–H and O–H groups in total. The molecule has 0 aliphatic heterocycles. The fourth-order valence-corrected chi connectivity index (χ4v) is 4.40. The van der Waals surface area contributed by atoms with Gasteiger partial charge in [0.2, 0.25) is 5.89 Å². The van der Waals surface area contributed by atoms with Gasteiger partial charge < -0.3 is 4.42 Å². The van der Waals surface area contributed by atoms with Crippen LogP contribution in [0.25, 0.3) is 11.5 Å². The van der Waals surface area contributed by atoms with Crippen molar-refractivity contribution in [2.45, 2.75) is 50.5 Å². The first-order valence-electron chi connectivity index (χ1n) is 9.24. The van der Waals surface area contributed by atoms with Crippen LogP contribution in [0.5, 0.6) is 0 Å². The minimum Gasteiger partial charge on any atom is -0.411 e. The zero-order valence-electron chi connectivity index (χ0n) is 15.8. The highest BCUT2D eigenvalue weighted by Crippen LogP contribution is 2.30. The number of thioether (sulfide) groups is 1. The first kappa shape index (κ1) is 18.0. The van der Waals surface area contributed by atoms with Crippen LogP contribution >= 0.6 is 11.8 Å². The van der Waals surface area contributed by atoms with Gasteiger partial charge in [0.15, 0.2) is 5.78 Å². The molecule has 2 aromatic carbocycles. The summed E-state index contributed by atoms with van der Waals surface area (Å²) in [5, 5.41) is 8.41. The predicted molar refractivity (Wildman–Crippen MR) is 107 cm³/mol. The summed E-state index contributed by atoms with van der Waals surface area (Å²) in [5.41, 5.74) is 6.67. The number of aryl methyl sites for hydroxylation is 4. The fourth-order valence-electron chi connectivity index (χ4n) is 3.64. The van der Waals surface area contributed by atoms with Crippen LogP contribution in [0.3, 0.4) is 0 Å². The van der Waals surface area contributed by atoms with Gasteiger partial charge in [-0.05, 0) is 69.4 Å². The molecule has 138 valence electrons. The van der Waals surface area contributed by atoms with Crippen LogP contribution in [-0.4, -0.2) is 21.2 Å². The van der Waals surface area contributed by atoms with Crippen LogP contribution in [0.4, 0.5) is 0 Å². The van der Waals surface area contributed by atoms with Gasteiger partial charge in [-0.3, -0.25) is 4.79 Å². The molecule has 27 heavy (non-hydrogen) atoms. The molecule has 3 aromatic rings. The third kappa shape index (κ3) is 3.83. The number of rotatable bonds is 5. The second-order valence-electron chi connectivity index (χ2n) is 7.21. The van der Waals surface area contributed by atoms with E-state index in [9.17, 15) is 4.79 Å². The SMILES string of the molecule is Cc1cc(C)cc(-c2nnc(S[C@H](C)C(=O)c3ccc4c(c3)CCC4)o2)c1. The second-order valence-corrected chi connectivity index (χ2v) is 8.50. The number of hydrogen-bond donors (Lipinski definition) is 0. The number of carbonyl (C=O) groups excluding carboxylic acids is 1. The van der Waals surface area contributed by atoms with Crippen molar-refractivity contribution in [3.05, 3.63) is 64.2 Å². The summed E-state index contributed by atoms with van der Waals surface area (Å²) in [6.07, 6.45) is 3.37. The van der Waals surface area contributed by atoms with E-state index >= 15 is 0 Å². The van der Waals surface area contributed by atoms with Gasteiger partial charge in [0, 0.05) is 11.1 Å². The molecule has 5 heteroatoms. The lowest BCUT2D eigenvalue weighted by molar-refractivity contribution is 0.0993.